The van der Waals surface area contributed by atoms with E-state index in [4.69, 9.17) is 4.74 Å². The van der Waals surface area contributed by atoms with Crippen LogP contribution in [0, 0.1) is 5.92 Å². The Labute approximate surface area is 156 Å². The Morgan fingerprint density at radius 3 is 2.46 bits per heavy atom. The third-order valence-corrected chi connectivity index (χ3v) is 5.14. The van der Waals surface area contributed by atoms with Crippen molar-refractivity contribution in [1.29, 1.82) is 0 Å². The molecule has 140 valence electrons. The van der Waals surface area contributed by atoms with Gasteiger partial charge in [0.2, 0.25) is 0 Å². The van der Waals surface area contributed by atoms with E-state index in [0.717, 1.165) is 30.8 Å². The van der Waals surface area contributed by atoms with Gasteiger partial charge in [-0.15, -0.1) is 0 Å². The lowest BCUT2D eigenvalue weighted by molar-refractivity contribution is -0.0820. The van der Waals surface area contributed by atoms with Gasteiger partial charge in [0.1, 0.15) is 0 Å². The molecule has 3 N–H and O–H groups in total. The molecule has 4 rings (SSSR count). The maximum atomic E-state index is 9.79. The Morgan fingerprint density at radius 1 is 1.15 bits per heavy atom. The summed E-state index contributed by atoms with van der Waals surface area (Å²) < 4.78 is 6.31. The highest BCUT2D eigenvalue weighted by atomic mass is 16.5. The zero-order chi connectivity index (χ0) is 18.4. The van der Waals surface area contributed by atoms with Crippen LogP contribution in [0.25, 0.3) is 0 Å². The first-order valence-electron chi connectivity index (χ1n) is 9.55. The van der Waals surface area contributed by atoms with Gasteiger partial charge in [-0.3, -0.25) is 0 Å². The molecule has 1 saturated heterocycles. The van der Waals surface area contributed by atoms with E-state index in [2.05, 4.69) is 22.8 Å². The maximum Gasteiger partial charge on any atom is 0.0894 e. The third kappa shape index (κ3) is 4.64. The highest BCUT2D eigenvalue weighted by molar-refractivity contribution is 5.56. The smallest absolute Gasteiger partial charge is 0.0894 e. The van der Waals surface area contributed by atoms with Gasteiger partial charge in [0, 0.05) is 30.3 Å². The predicted molar refractivity (Wildman–Crippen MR) is 106 cm³/mol. The van der Waals surface area contributed by atoms with Crippen molar-refractivity contribution in [3.63, 3.8) is 0 Å². The van der Waals surface area contributed by atoms with E-state index >= 15 is 0 Å². The summed E-state index contributed by atoms with van der Waals surface area (Å²) in [5.41, 5.74) is 3.33. The van der Waals surface area contributed by atoms with Crippen molar-refractivity contribution in [3.8, 4) is 0 Å². The fraction of sp³-hybridized carbons (Fsp3) is 0.455. The topological polar surface area (TPSA) is 53.5 Å². The van der Waals surface area contributed by atoms with Gasteiger partial charge in [0.05, 0.1) is 18.3 Å². The van der Waals surface area contributed by atoms with E-state index in [9.17, 15) is 5.11 Å². The first-order valence-corrected chi connectivity index (χ1v) is 9.55. The summed E-state index contributed by atoms with van der Waals surface area (Å²) in [6.07, 6.45) is 2.34. The molecular formula is C22H30N2O2. The van der Waals surface area contributed by atoms with E-state index < -0.39 is 6.10 Å². The Hall–Kier alpha value is -1.88. The normalized spacial score (nSPS) is 25.0. The van der Waals surface area contributed by atoms with Crippen LogP contribution in [0.1, 0.15) is 43.1 Å². The van der Waals surface area contributed by atoms with Crippen LogP contribution in [0.2, 0.25) is 0 Å². The first kappa shape index (κ1) is 18.9. The molecule has 4 atom stereocenters. The Balaban J connectivity index is 0.000000278. The van der Waals surface area contributed by atoms with E-state index in [1.165, 1.54) is 12.0 Å². The number of ether oxygens (including phenoxy) is 1. The van der Waals surface area contributed by atoms with Gasteiger partial charge in [-0.05, 0) is 44.5 Å². The molecule has 2 aromatic carbocycles. The van der Waals surface area contributed by atoms with Crippen LogP contribution in [0.4, 0.5) is 5.69 Å². The number of hydrogen-bond donors (Lipinski definition) is 3. The lowest BCUT2D eigenvalue weighted by Crippen LogP contribution is -2.40. The van der Waals surface area contributed by atoms with Gasteiger partial charge in [0.15, 0.2) is 0 Å². The van der Waals surface area contributed by atoms with Crippen LogP contribution in [-0.2, 0) is 4.74 Å². The van der Waals surface area contributed by atoms with Gasteiger partial charge in [0.25, 0.3) is 0 Å². The number of likely N-dealkylation sites (N-methyl/N-ethyl adjacent to an activating group) is 1. The number of aliphatic hydroxyl groups excluding tert-OH is 1. The van der Waals surface area contributed by atoms with Crippen LogP contribution in [0.3, 0.4) is 0 Å². The average molecular weight is 354 g/mol. The molecule has 0 aliphatic carbocycles. The monoisotopic (exact) mass is 354 g/mol. The van der Waals surface area contributed by atoms with E-state index in [0.29, 0.717) is 12.0 Å². The van der Waals surface area contributed by atoms with Crippen molar-refractivity contribution in [2.45, 2.75) is 38.1 Å². The minimum Gasteiger partial charge on any atom is -0.389 e. The number of rotatable bonds is 3. The molecule has 2 aromatic rings. The van der Waals surface area contributed by atoms with Gasteiger partial charge in [-0.1, -0.05) is 42.5 Å². The van der Waals surface area contributed by atoms with Crippen molar-refractivity contribution in [2.24, 2.45) is 5.92 Å². The zero-order valence-corrected chi connectivity index (χ0v) is 15.7. The zero-order valence-electron chi connectivity index (χ0n) is 15.7. The number of aliphatic hydroxyl groups is 1. The quantitative estimate of drug-likeness (QED) is 0.782. The molecule has 4 unspecified atom stereocenters. The first-order chi connectivity index (χ1) is 12.7. The average Bonchev–Trinajstić information content (AvgIpc) is 2.69. The number of fused-ring (bicyclic) bond motifs is 3. The van der Waals surface area contributed by atoms with Gasteiger partial charge in [-0.2, -0.15) is 0 Å². The second-order valence-corrected chi connectivity index (χ2v) is 7.13. The molecule has 0 saturated carbocycles. The van der Waals surface area contributed by atoms with Crippen molar-refractivity contribution in [3.05, 3.63) is 65.7 Å². The molecular weight excluding hydrogens is 324 g/mol. The third-order valence-electron chi connectivity index (χ3n) is 5.14. The van der Waals surface area contributed by atoms with Crippen molar-refractivity contribution in [2.75, 3.05) is 25.5 Å². The van der Waals surface area contributed by atoms with Crippen molar-refractivity contribution < 1.29 is 9.84 Å². The van der Waals surface area contributed by atoms with E-state index in [1.807, 2.05) is 49.5 Å². The molecule has 1 fully saturated rings. The second kappa shape index (κ2) is 9.17. The number of hydrogen-bond acceptors (Lipinski definition) is 4. The lowest BCUT2D eigenvalue weighted by Gasteiger charge is -2.41. The molecule has 2 aliphatic rings. The number of anilines is 1. The van der Waals surface area contributed by atoms with Crippen molar-refractivity contribution in [1.82, 2.24) is 5.32 Å². The van der Waals surface area contributed by atoms with Crippen LogP contribution in [0.5, 0.6) is 0 Å². The van der Waals surface area contributed by atoms with Crippen molar-refractivity contribution >= 4 is 5.69 Å². The fourth-order valence-electron chi connectivity index (χ4n) is 3.72. The number of nitrogens with one attached hydrogen (secondary N) is 2. The van der Waals surface area contributed by atoms with Crippen LogP contribution >= 0.6 is 0 Å². The molecule has 0 radical (unpaired) electrons. The SMILES string of the molecule is CNCC1CCC2CNc3ccc(C(C)O)cc3C2O1.c1ccccc1. The highest BCUT2D eigenvalue weighted by Gasteiger charge is 2.36. The Kier molecular flexibility index (Phi) is 6.67. The lowest BCUT2D eigenvalue weighted by atomic mass is 9.83. The largest absolute Gasteiger partial charge is 0.389 e. The summed E-state index contributed by atoms with van der Waals surface area (Å²) >= 11 is 0. The summed E-state index contributed by atoms with van der Waals surface area (Å²) in [5, 5.41) is 16.5. The van der Waals surface area contributed by atoms with E-state index in [1.54, 1.807) is 6.92 Å². The van der Waals surface area contributed by atoms with Crippen LogP contribution in [0.15, 0.2) is 54.6 Å². The molecule has 26 heavy (non-hydrogen) atoms. The van der Waals surface area contributed by atoms with Gasteiger partial charge >= 0.3 is 0 Å². The highest BCUT2D eigenvalue weighted by Crippen LogP contribution is 2.43. The van der Waals surface area contributed by atoms with Gasteiger partial charge in [-0.25, -0.2) is 0 Å². The fourth-order valence-corrected chi connectivity index (χ4v) is 3.72. The van der Waals surface area contributed by atoms with Crippen LogP contribution in [-0.4, -0.2) is 31.3 Å². The molecule has 0 bridgehead atoms. The molecule has 0 aromatic heterocycles. The Morgan fingerprint density at radius 2 is 1.85 bits per heavy atom. The van der Waals surface area contributed by atoms with Gasteiger partial charge < -0.3 is 20.5 Å². The standard InChI is InChI=1S/C16H24N2O2.C6H6/c1-10(19)11-4-6-15-14(7-11)16-12(8-18-15)3-5-13(20-16)9-17-2;1-2-4-6-5-3-1/h4,6-7,10,12-13,16-19H,3,5,8-9H2,1-2H3;1-6H. The maximum absolute atomic E-state index is 9.79. The molecule has 4 nitrogen and oxygen atoms in total. The molecule has 0 amide bonds. The predicted octanol–water partition coefficient (Wildman–Crippen LogP) is 3.91. The number of benzene rings is 2. The summed E-state index contributed by atoms with van der Waals surface area (Å²) in [6.45, 7) is 3.70. The van der Waals surface area contributed by atoms with Crippen LogP contribution < -0.4 is 10.6 Å². The molecule has 2 aliphatic heterocycles. The van der Waals surface area contributed by atoms with E-state index in [-0.39, 0.29) is 6.10 Å². The molecule has 2 heterocycles. The summed E-state index contributed by atoms with van der Waals surface area (Å²) in [7, 11) is 1.97. The molecule has 0 spiro atoms. The summed E-state index contributed by atoms with van der Waals surface area (Å²) in [4.78, 5) is 0. The summed E-state index contributed by atoms with van der Waals surface area (Å²) in [6, 6.07) is 18.2. The minimum atomic E-state index is -0.433. The molecule has 4 heteroatoms. The minimum absolute atomic E-state index is 0.164. The summed E-state index contributed by atoms with van der Waals surface area (Å²) in [5.74, 6) is 0.542. The Bertz CT molecular complexity index is 648. The second-order valence-electron chi connectivity index (χ2n) is 7.13.